The molecule has 0 fully saturated rings. The Morgan fingerprint density at radius 1 is 0.966 bits per heavy atom. The normalized spacial score (nSPS) is 10.4. The van der Waals surface area contributed by atoms with Crippen molar-refractivity contribution in [3.63, 3.8) is 0 Å². The van der Waals surface area contributed by atoms with Gasteiger partial charge in [0.2, 0.25) is 0 Å². The van der Waals surface area contributed by atoms with Gasteiger partial charge in [0.05, 0.1) is 10.7 Å². The average molecular weight is 451 g/mol. The number of amides is 1. The van der Waals surface area contributed by atoms with E-state index < -0.39 is 5.97 Å². The van der Waals surface area contributed by atoms with Gasteiger partial charge >= 0.3 is 5.97 Å². The van der Waals surface area contributed by atoms with Crippen LogP contribution in [0.1, 0.15) is 26.4 Å². The van der Waals surface area contributed by atoms with E-state index in [2.05, 4.69) is 10.3 Å². The molecule has 3 rings (SSSR count). The third-order valence-corrected chi connectivity index (χ3v) is 5.02. The molecule has 3 N–H and O–H groups in total. The Bertz CT molecular complexity index is 1060. The van der Waals surface area contributed by atoms with Crippen LogP contribution in [0, 0.1) is 0 Å². The molecule has 6 nitrogen and oxygen atoms in total. The average Bonchev–Trinajstić information content (AvgIpc) is 2.74. The van der Waals surface area contributed by atoms with Crippen molar-refractivity contribution in [3.05, 3.63) is 86.6 Å². The van der Waals surface area contributed by atoms with Crippen LogP contribution in [0.3, 0.4) is 0 Å². The summed E-state index contributed by atoms with van der Waals surface area (Å²) in [6.45, 7) is -0.0580. The summed E-state index contributed by atoms with van der Waals surface area (Å²) in [5, 5.41) is 2.49. The van der Waals surface area contributed by atoms with Crippen molar-refractivity contribution in [1.82, 2.24) is 4.98 Å². The van der Waals surface area contributed by atoms with E-state index in [1.165, 1.54) is 0 Å². The maximum atomic E-state index is 12.3. The molecule has 0 saturated heterocycles. The van der Waals surface area contributed by atoms with Crippen molar-refractivity contribution < 1.29 is 14.3 Å². The SMILES string of the molecule is Nc1c(Cl)c(Cl)nc(C(=O)OCc2ccc(C(=O)Nc3ccccc3)cc2)c1Cl. The lowest BCUT2D eigenvalue weighted by Crippen LogP contribution is -2.12. The molecule has 0 spiro atoms. The molecule has 3 aromatic rings. The molecule has 9 heteroatoms. The molecule has 0 radical (unpaired) electrons. The minimum Gasteiger partial charge on any atom is -0.456 e. The predicted molar refractivity (Wildman–Crippen MR) is 114 cm³/mol. The minimum atomic E-state index is -0.800. The number of carbonyl (C=O) groups excluding carboxylic acids is 2. The molecule has 1 aromatic heterocycles. The summed E-state index contributed by atoms with van der Waals surface area (Å²) < 4.78 is 5.20. The second-order valence-corrected chi connectivity index (χ2v) is 7.00. The number of hydrogen-bond donors (Lipinski definition) is 2. The quantitative estimate of drug-likeness (QED) is 0.410. The van der Waals surface area contributed by atoms with Gasteiger partial charge in [-0.05, 0) is 29.8 Å². The number of anilines is 2. The van der Waals surface area contributed by atoms with Crippen molar-refractivity contribution in [2.75, 3.05) is 11.1 Å². The molecular formula is C20H14Cl3N3O3. The van der Waals surface area contributed by atoms with Crippen molar-refractivity contribution in [1.29, 1.82) is 0 Å². The summed E-state index contributed by atoms with van der Waals surface area (Å²) in [4.78, 5) is 28.3. The molecule has 0 aliphatic carbocycles. The number of nitrogen functional groups attached to an aromatic ring is 1. The van der Waals surface area contributed by atoms with Crippen molar-refractivity contribution in [2.24, 2.45) is 0 Å². The highest BCUT2D eigenvalue weighted by Crippen LogP contribution is 2.34. The first kappa shape index (κ1) is 20.9. The number of pyridine rings is 1. The van der Waals surface area contributed by atoms with Gasteiger partial charge in [0.25, 0.3) is 5.91 Å². The number of para-hydroxylation sites is 1. The van der Waals surface area contributed by atoms with Crippen molar-refractivity contribution in [2.45, 2.75) is 6.61 Å². The lowest BCUT2D eigenvalue weighted by molar-refractivity contribution is 0.0466. The number of rotatable bonds is 5. The van der Waals surface area contributed by atoms with Crippen LogP contribution in [-0.2, 0) is 11.3 Å². The number of esters is 1. The lowest BCUT2D eigenvalue weighted by atomic mass is 10.1. The third kappa shape index (κ3) is 4.98. The highest BCUT2D eigenvalue weighted by atomic mass is 35.5. The van der Waals surface area contributed by atoms with Gasteiger partial charge in [-0.25, -0.2) is 9.78 Å². The van der Waals surface area contributed by atoms with E-state index in [4.69, 9.17) is 45.3 Å². The molecule has 0 aliphatic rings. The van der Waals surface area contributed by atoms with Crippen LogP contribution >= 0.6 is 34.8 Å². The Morgan fingerprint density at radius 3 is 2.28 bits per heavy atom. The van der Waals surface area contributed by atoms with Crippen LogP contribution in [0.2, 0.25) is 15.2 Å². The van der Waals surface area contributed by atoms with Gasteiger partial charge in [-0.3, -0.25) is 4.79 Å². The van der Waals surface area contributed by atoms with E-state index in [-0.39, 0.29) is 39.1 Å². The molecule has 2 aromatic carbocycles. The first-order valence-corrected chi connectivity index (χ1v) is 9.42. The number of nitrogens with zero attached hydrogens (tertiary/aromatic N) is 1. The summed E-state index contributed by atoms with van der Waals surface area (Å²) in [7, 11) is 0. The second-order valence-electron chi connectivity index (χ2n) is 5.89. The molecule has 0 aliphatic heterocycles. The molecule has 29 heavy (non-hydrogen) atoms. The summed E-state index contributed by atoms with van der Waals surface area (Å²) in [5.41, 5.74) is 7.25. The number of benzene rings is 2. The zero-order valence-corrected chi connectivity index (χ0v) is 17.1. The molecule has 0 saturated carbocycles. The number of nitrogens with two attached hydrogens (primary N) is 1. The first-order chi connectivity index (χ1) is 13.9. The molecule has 0 bridgehead atoms. The fourth-order valence-electron chi connectivity index (χ4n) is 2.36. The summed E-state index contributed by atoms with van der Waals surface area (Å²) in [6.07, 6.45) is 0. The van der Waals surface area contributed by atoms with Crippen LogP contribution in [-0.4, -0.2) is 16.9 Å². The zero-order chi connectivity index (χ0) is 21.0. The Balaban J connectivity index is 1.63. The molecule has 148 valence electrons. The number of halogens is 3. The Morgan fingerprint density at radius 2 is 1.62 bits per heavy atom. The minimum absolute atomic E-state index is 0.0300. The van der Waals surface area contributed by atoms with Gasteiger partial charge in [-0.15, -0.1) is 0 Å². The summed E-state index contributed by atoms with van der Waals surface area (Å²) >= 11 is 17.7. The van der Waals surface area contributed by atoms with E-state index in [0.29, 0.717) is 16.8 Å². The predicted octanol–water partition coefficient (Wildman–Crippen LogP) is 5.23. The van der Waals surface area contributed by atoms with Crippen molar-refractivity contribution in [3.8, 4) is 0 Å². The van der Waals surface area contributed by atoms with Crippen LogP contribution in [0.15, 0.2) is 54.6 Å². The second kappa shape index (κ2) is 9.13. The Hall–Kier alpha value is -2.80. The van der Waals surface area contributed by atoms with E-state index in [9.17, 15) is 9.59 Å². The zero-order valence-electron chi connectivity index (χ0n) is 14.8. The Kier molecular flexibility index (Phi) is 6.59. The maximum Gasteiger partial charge on any atom is 0.358 e. The van der Waals surface area contributed by atoms with Crippen LogP contribution < -0.4 is 11.1 Å². The topological polar surface area (TPSA) is 94.3 Å². The van der Waals surface area contributed by atoms with E-state index in [0.717, 1.165) is 0 Å². The molecule has 1 amide bonds. The lowest BCUT2D eigenvalue weighted by Gasteiger charge is -2.10. The molecule has 0 atom stereocenters. The van der Waals surface area contributed by atoms with Crippen LogP contribution in [0.4, 0.5) is 11.4 Å². The molecule has 1 heterocycles. The Labute approximate surface area is 181 Å². The van der Waals surface area contributed by atoms with Crippen LogP contribution in [0.25, 0.3) is 0 Å². The van der Waals surface area contributed by atoms with E-state index in [1.807, 2.05) is 18.2 Å². The first-order valence-electron chi connectivity index (χ1n) is 8.29. The van der Waals surface area contributed by atoms with Gasteiger partial charge in [0.1, 0.15) is 11.6 Å². The number of nitrogens with one attached hydrogen (secondary N) is 1. The van der Waals surface area contributed by atoms with Gasteiger partial charge in [-0.1, -0.05) is 65.1 Å². The highest BCUT2D eigenvalue weighted by Gasteiger charge is 2.21. The number of carbonyl (C=O) groups is 2. The summed E-state index contributed by atoms with van der Waals surface area (Å²) in [5.74, 6) is -1.05. The maximum absolute atomic E-state index is 12.3. The van der Waals surface area contributed by atoms with E-state index in [1.54, 1.807) is 36.4 Å². The monoisotopic (exact) mass is 449 g/mol. The fourth-order valence-corrected chi connectivity index (χ4v) is 2.95. The van der Waals surface area contributed by atoms with Gasteiger partial charge in [0, 0.05) is 11.3 Å². The largest absolute Gasteiger partial charge is 0.456 e. The number of aromatic nitrogens is 1. The molecular weight excluding hydrogens is 437 g/mol. The molecule has 0 unspecified atom stereocenters. The van der Waals surface area contributed by atoms with Gasteiger partial charge in [0.15, 0.2) is 10.8 Å². The third-order valence-electron chi connectivity index (χ3n) is 3.88. The smallest absolute Gasteiger partial charge is 0.358 e. The van der Waals surface area contributed by atoms with Crippen molar-refractivity contribution >= 4 is 58.1 Å². The van der Waals surface area contributed by atoms with Gasteiger partial charge in [-0.2, -0.15) is 0 Å². The van der Waals surface area contributed by atoms with E-state index >= 15 is 0 Å². The highest BCUT2D eigenvalue weighted by molar-refractivity contribution is 6.46. The fraction of sp³-hybridized carbons (Fsp3) is 0.0500. The number of ether oxygens (including phenoxy) is 1. The standard InChI is InChI=1S/C20H14Cl3N3O3/c21-14-16(24)15(22)18(23)26-17(14)20(28)29-10-11-6-8-12(9-7-11)19(27)25-13-4-2-1-3-5-13/h1-9H,10H2,(H2,24,26)(H,25,27). The summed E-state index contributed by atoms with van der Waals surface area (Å²) in [6, 6.07) is 15.7. The van der Waals surface area contributed by atoms with Gasteiger partial charge < -0.3 is 15.8 Å². The number of hydrogen-bond acceptors (Lipinski definition) is 5. The van der Waals surface area contributed by atoms with Crippen LogP contribution in [0.5, 0.6) is 0 Å².